The third kappa shape index (κ3) is 10.4. The van der Waals surface area contributed by atoms with Gasteiger partial charge in [0.15, 0.2) is 11.6 Å². The molecule has 5 aromatic rings. The van der Waals surface area contributed by atoms with E-state index in [2.05, 4.69) is 24.3 Å². The Labute approximate surface area is 361 Å². The van der Waals surface area contributed by atoms with Crippen LogP contribution in [0.5, 0.6) is 5.75 Å². The Balaban J connectivity index is 1.51. The molecule has 0 bridgehead atoms. The molecule has 7 nitrogen and oxygen atoms in total. The van der Waals surface area contributed by atoms with Gasteiger partial charge in [-0.15, -0.1) is 0 Å². The van der Waals surface area contributed by atoms with Crippen LogP contribution in [0.2, 0.25) is 5.02 Å². The summed E-state index contributed by atoms with van der Waals surface area (Å²) in [7, 11) is 4.92. The minimum absolute atomic E-state index is 0.0268. The maximum Gasteiger partial charge on any atom is 0.247 e. The van der Waals surface area contributed by atoms with Crippen molar-refractivity contribution in [3.8, 4) is 5.75 Å². The van der Waals surface area contributed by atoms with Gasteiger partial charge in [-0.1, -0.05) is 129 Å². The molecule has 1 aliphatic heterocycles. The predicted octanol–water partition coefficient (Wildman–Crippen LogP) is 10.9. The van der Waals surface area contributed by atoms with Crippen LogP contribution in [0.4, 0.5) is 8.78 Å². The fourth-order valence-electron chi connectivity index (χ4n) is 7.51. The third-order valence-electron chi connectivity index (χ3n) is 11.7. The van der Waals surface area contributed by atoms with Gasteiger partial charge in [-0.2, -0.15) is 4.39 Å². The molecule has 5 aromatic carbocycles. The van der Waals surface area contributed by atoms with Crippen molar-refractivity contribution in [1.82, 2.24) is 0 Å². The largest absolute Gasteiger partial charge is 0.491 e. The molecule has 0 aliphatic carbocycles. The molecular weight excluding hydrogens is 802 g/mol. The van der Waals surface area contributed by atoms with E-state index in [1.54, 1.807) is 20.1 Å². The van der Waals surface area contributed by atoms with Crippen LogP contribution in [0, 0.1) is 17.0 Å². The van der Waals surface area contributed by atoms with Gasteiger partial charge in [0, 0.05) is 24.1 Å². The molecule has 1 saturated heterocycles. The fraction of sp³-hybridized carbons (Fsp3) is 0.388. The number of benzene rings is 5. The highest BCUT2D eigenvalue weighted by Crippen LogP contribution is 2.49. The lowest BCUT2D eigenvalue weighted by atomic mass is 9.71. The fourth-order valence-corrected chi connectivity index (χ4v) is 7.97. The number of hydrogen-bond donors (Lipinski definition) is 0. The van der Waals surface area contributed by atoms with Gasteiger partial charge < -0.3 is 32.8 Å². The van der Waals surface area contributed by atoms with Crippen molar-refractivity contribution in [2.24, 2.45) is 5.41 Å². The molecule has 1 heterocycles. The molecule has 1 fully saturated rings. The second-order valence-corrected chi connectivity index (χ2v) is 16.8. The lowest BCUT2D eigenvalue weighted by Gasteiger charge is -2.54. The highest BCUT2D eigenvalue weighted by atomic mass is 35.5. The zero-order chi connectivity index (χ0) is 42.9. The molecule has 0 N–H and O–H groups in total. The Morgan fingerprint density at radius 3 is 1.78 bits per heavy atom. The van der Waals surface area contributed by atoms with E-state index < -0.39 is 52.9 Å². The first-order valence-corrected chi connectivity index (χ1v) is 21.0. The summed E-state index contributed by atoms with van der Waals surface area (Å²) in [6.45, 7) is 10.9. The van der Waals surface area contributed by atoms with Gasteiger partial charge in [0.1, 0.15) is 18.3 Å². The van der Waals surface area contributed by atoms with Gasteiger partial charge >= 0.3 is 0 Å². The van der Waals surface area contributed by atoms with E-state index in [0.717, 1.165) is 16.7 Å². The minimum Gasteiger partial charge on any atom is -0.491 e. The van der Waals surface area contributed by atoms with Crippen LogP contribution < -0.4 is 4.74 Å². The van der Waals surface area contributed by atoms with Gasteiger partial charge in [0.05, 0.1) is 38.1 Å². The average molecular weight is 856 g/mol. The molecular formula is C49H54ClF2O7Si. The van der Waals surface area contributed by atoms with Crippen LogP contribution in [0.1, 0.15) is 74.4 Å². The van der Waals surface area contributed by atoms with Gasteiger partial charge in [-0.3, -0.25) is 0 Å². The summed E-state index contributed by atoms with van der Waals surface area (Å²) < 4.78 is 76.9. The Kier molecular flexibility index (Phi) is 15.4. The number of methoxy groups -OCH3 is 1. The highest BCUT2D eigenvalue weighted by molar-refractivity contribution is 6.31. The lowest BCUT2D eigenvalue weighted by molar-refractivity contribution is -0.385. The van der Waals surface area contributed by atoms with E-state index in [-0.39, 0.29) is 44.2 Å². The van der Waals surface area contributed by atoms with E-state index in [0.29, 0.717) is 22.6 Å². The molecule has 317 valence electrons. The van der Waals surface area contributed by atoms with E-state index in [1.807, 2.05) is 117 Å². The molecule has 0 amide bonds. The van der Waals surface area contributed by atoms with Crippen LogP contribution in [-0.2, 0) is 60.1 Å². The van der Waals surface area contributed by atoms with Crippen LogP contribution in [0.3, 0.4) is 0 Å². The van der Waals surface area contributed by atoms with Crippen LogP contribution in [0.15, 0.2) is 121 Å². The normalized spacial score (nSPS) is 20.9. The molecule has 3 radical (unpaired) electrons. The van der Waals surface area contributed by atoms with Crippen molar-refractivity contribution in [3.05, 3.63) is 171 Å². The number of hydrogen-bond acceptors (Lipinski definition) is 7. The summed E-state index contributed by atoms with van der Waals surface area (Å²) in [5.74, 6) is -3.85. The second kappa shape index (κ2) is 20.3. The molecule has 0 spiro atoms. The molecule has 0 aromatic heterocycles. The number of halogens is 3. The van der Waals surface area contributed by atoms with Crippen molar-refractivity contribution in [3.63, 3.8) is 0 Å². The van der Waals surface area contributed by atoms with Crippen LogP contribution >= 0.6 is 11.6 Å². The van der Waals surface area contributed by atoms with Gasteiger partial charge in [0.2, 0.25) is 22.1 Å². The van der Waals surface area contributed by atoms with Gasteiger partial charge in [-0.05, 0) is 78.6 Å². The van der Waals surface area contributed by atoms with Gasteiger partial charge in [-0.25, -0.2) is 4.39 Å². The van der Waals surface area contributed by atoms with Crippen LogP contribution in [0.25, 0.3) is 0 Å². The van der Waals surface area contributed by atoms with Crippen molar-refractivity contribution in [2.45, 2.75) is 103 Å². The maximum absolute atomic E-state index is 15.6. The molecule has 60 heavy (non-hydrogen) atoms. The zero-order valence-electron chi connectivity index (χ0n) is 35.1. The summed E-state index contributed by atoms with van der Waals surface area (Å²) in [6, 6.07) is 38.0. The lowest BCUT2D eigenvalue weighted by Crippen LogP contribution is -2.66. The van der Waals surface area contributed by atoms with E-state index in [9.17, 15) is 0 Å². The topological polar surface area (TPSA) is 64.6 Å². The van der Waals surface area contributed by atoms with Crippen molar-refractivity contribution >= 4 is 22.1 Å². The Morgan fingerprint density at radius 1 is 0.700 bits per heavy atom. The Hall–Kier alpha value is -3.97. The van der Waals surface area contributed by atoms with Crippen molar-refractivity contribution in [2.75, 3.05) is 13.7 Å². The summed E-state index contributed by atoms with van der Waals surface area (Å²) in [4.78, 5) is 0. The summed E-state index contributed by atoms with van der Waals surface area (Å²) in [5.41, 5.74) is 2.85. The maximum atomic E-state index is 15.6. The predicted molar refractivity (Wildman–Crippen MR) is 230 cm³/mol. The smallest absolute Gasteiger partial charge is 0.247 e. The molecule has 0 unspecified atom stereocenters. The van der Waals surface area contributed by atoms with Crippen molar-refractivity contribution < 1.29 is 41.6 Å². The number of rotatable bonds is 19. The quantitative estimate of drug-likeness (QED) is 0.0767. The highest BCUT2D eigenvalue weighted by Gasteiger charge is 2.60. The summed E-state index contributed by atoms with van der Waals surface area (Å²) in [6.07, 6.45) is -2.67. The Morgan fingerprint density at radius 2 is 1.25 bits per heavy atom. The second-order valence-electron chi connectivity index (χ2n) is 16.2. The third-order valence-corrected chi connectivity index (χ3v) is 12.6. The molecule has 1 aliphatic rings. The minimum atomic E-state index is -1.63. The average Bonchev–Trinajstić information content (AvgIpc) is 3.26. The van der Waals surface area contributed by atoms with E-state index >= 15 is 8.78 Å². The van der Waals surface area contributed by atoms with E-state index in [4.69, 9.17) is 44.4 Å². The van der Waals surface area contributed by atoms with Crippen LogP contribution in [-0.4, -0.2) is 54.2 Å². The van der Waals surface area contributed by atoms with Crippen molar-refractivity contribution in [1.29, 1.82) is 0 Å². The first-order chi connectivity index (χ1) is 28.8. The molecule has 6 rings (SSSR count). The standard InChI is InChI=1S/C49H54ClF2O7Si/c1-7-54-40-26-23-36(42(51)43(40)52)27-37-28-38(24-25-39(37)50)49(53-6)46(57-32-35-21-15-10-16-22-35)45(56-31-34-19-13-9-14-20-34)44(55-30-33-17-11-8-12-18-33)41(58-49)29-47(2,3)48(4,5)59-60/h8-26,28,41,44-46H,7,27,29-32H2,1-6H3/t41-,44-,45+,46-,49+/m1/s1. The first kappa shape index (κ1) is 45.6. The molecule has 0 saturated carbocycles. The Bertz CT molecular complexity index is 2130. The molecule has 11 heteroatoms. The summed E-state index contributed by atoms with van der Waals surface area (Å²) in [5, 5.41) is 0.353. The van der Waals surface area contributed by atoms with Gasteiger partial charge in [0.25, 0.3) is 0 Å². The van der Waals surface area contributed by atoms with E-state index in [1.165, 1.54) is 12.1 Å². The monoisotopic (exact) mass is 855 g/mol. The SMILES string of the molecule is CCOc1ccc(Cc2cc([C@]3(OC)O[C@H](CC(C)(C)C(C)(C)O[Si])[C@@H](OCc4ccccc4)[C@H](OCc4ccccc4)[C@H]3OCc3ccccc3)ccc2Cl)c(F)c1F. The zero-order valence-corrected chi connectivity index (χ0v) is 36.8. The summed E-state index contributed by atoms with van der Waals surface area (Å²) >= 11 is 6.86. The molecule has 5 atom stereocenters. The number of ether oxygens (including phenoxy) is 6. The first-order valence-electron chi connectivity index (χ1n) is 20.2.